The van der Waals surface area contributed by atoms with Gasteiger partial charge in [-0.2, -0.15) is 0 Å². The minimum atomic E-state index is -1.36. The van der Waals surface area contributed by atoms with E-state index in [0.29, 0.717) is 12.1 Å². The van der Waals surface area contributed by atoms with Crippen molar-refractivity contribution >= 4 is 11.8 Å². The maximum atomic E-state index is 11.3. The van der Waals surface area contributed by atoms with Crippen LogP contribution < -0.4 is 10.6 Å². The molecule has 26 heavy (non-hydrogen) atoms. The normalized spacial score (nSPS) is 28.4. The zero-order valence-corrected chi connectivity index (χ0v) is 15.0. The minimum absolute atomic E-state index is 0.0795. The van der Waals surface area contributed by atoms with Crippen molar-refractivity contribution in [3.05, 3.63) is 12.2 Å². The van der Waals surface area contributed by atoms with Gasteiger partial charge in [-0.15, -0.1) is 0 Å². The quantitative estimate of drug-likeness (QED) is 0.210. The molecule has 5 N–H and O–H groups in total. The van der Waals surface area contributed by atoms with Crippen molar-refractivity contribution < 1.29 is 39.1 Å². The van der Waals surface area contributed by atoms with Crippen LogP contribution in [0.15, 0.2) is 12.2 Å². The second kappa shape index (κ2) is 11.2. The number of hydrogen-bond acceptors (Lipinski definition) is 8. The summed E-state index contributed by atoms with van der Waals surface area (Å²) in [6, 6.07) is -0.986. The first-order valence-electron chi connectivity index (χ1n) is 8.30. The molecule has 10 nitrogen and oxygen atoms in total. The molecule has 0 radical (unpaired) electrons. The van der Waals surface area contributed by atoms with E-state index < -0.39 is 43.2 Å². The molecule has 10 heteroatoms. The zero-order valence-electron chi connectivity index (χ0n) is 15.0. The summed E-state index contributed by atoms with van der Waals surface area (Å²) in [5.74, 6) is -0.674. The Labute approximate surface area is 152 Å². The predicted molar refractivity (Wildman–Crippen MR) is 90.0 cm³/mol. The fourth-order valence-electron chi connectivity index (χ4n) is 2.33. The topological polar surface area (TPSA) is 147 Å². The van der Waals surface area contributed by atoms with Crippen molar-refractivity contribution in [2.75, 3.05) is 33.0 Å². The van der Waals surface area contributed by atoms with E-state index >= 15 is 0 Å². The van der Waals surface area contributed by atoms with Crippen LogP contribution in [0.4, 0.5) is 0 Å². The third kappa shape index (κ3) is 6.98. The molecule has 1 aliphatic rings. The molecule has 0 aromatic heterocycles. The van der Waals surface area contributed by atoms with Gasteiger partial charge >= 0.3 is 0 Å². The first-order valence-corrected chi connectivity index (χ1v) is 8.30. The van der Waals surface area contributed by atoms with Crippen LogP contribution in [0.2, 0.25) is 0 Å². The van der Waals surface area contributed by atoms with E-state index in [1.807, 2.05) is 0 Å². The number of ether oxygens (including phenoxy) is 3. The lowest BCUT2D eigenvalue weighted by Gasteiger charge is -2.42. The van der Waals surface area contributed by atoms with Gasteiger partial charge < -0.3 is 40.2 Å². The maximum Gasteiger partial charge on any atom is 0.246 e. The molecule has 0 aromatic rings. The summed E-state index contributed by atoms with van der Waals surface area (Å²) >= 11 is 0. The molecule has 1 rings (SSSR count). The largest absolute Gasteiger partial charge is 0.394 e. The van der Waals surface area contributed by atoms with E-state index in [0.717, 1.165) is 0 Å². The second-order valence-electron chi connectivity index (χ2n) is 5.95. The Morgan fingerprint density at radius 2 is 1.85 bits per heavy atom. The zero-order chi connectivity index (χ0) is 19.7. The number of hydrogen-bond donors (Lipinski definition) is 5. The summed E-state index contributed by atoms with van der Waals surface area (Å²) in [5.41, 5.74) is 0.408. The molecule has 0 aromatic carbocycles. The van der Waals surface area contributed by atoms with Crippen molar-refractivity contribution in [2.45, 2.75) is 44.5 Å². The van der Waals surface area contributed by atoms with Crippen LogP contribution in [0.5, 0.6) is 0 Å². The van der Waals surface area contributed by atoms with Gasteiger partial charge in [0.2, 0.25) is 11.8 Å². The van der Waals surface area contributed by atoms with Gasteiger partial charge in [-0.1, -0.05) is 6.58 Å². The smallest absolute Gasteiger partial charge is 0.246 e. The van der Waals surface area contributed by atoms with Crippen LogP contribution >= 0.6 is 0 Å². The summed E-state index contributed by atoms with van der Waals surface area (Å²) in [6.45, 7) is 6.71. The summed E-state index contributed by atoms with van der Waals surface area (Å²) < 4.78 is 16.2. The molecule has 1 fully saturated rings. The molecule has 3 unspecified atom stereocenters. The summed E-state index contributed by atoms with van der Waals surface area (Å²) in [5, 5.41) is 34.3. The monoisotopic (exact) mass is 376 g/mol. The van der Waals surface area contributed by atoms with Gasteiger partial charge in [-0.25, -0.2) is 0 Å². The lowest BCUT2D eigenvalue weighted by atomic mass is 9.97. The lowest BCUT2D eigenvalue weighted by molar-refractivity contribution is -0.272. The molecule has 0 bridgehead atoms. The Kier molecular flexibility index (Phi) is 9.70. The SMILES string of the molecule is C=C(C)C(=O)NCCOCCO[C@@H]1OC(CO)[C@H](O)C(O)C1NC(C)=O. The van der Waals surface area contributed by atoms with Crippen LogP contribution in [0.25, 0.3) is 0 Å². The van der Waals surface area contributed by atoms with Gasteiger partial charge in [0, 0.05) is 19.0 Å². The van der Waals surface area contributed by atoms with E-state index in [4.69, 9.17) is 14.2 Å². The molecule has 2 amide bonds. The molecule has 150 valence electrons. The molecule has 1 saturated heterocycles. The van der Waals surface area contributed by atoms with E-state index in [9.17, 15) is 24.9 Å². The van der Waals surface area contributed by atoms with Crippen LogP contribution in [0.1, 0.15) is 13.8 Å². The van der Waals surface area contributed by atoms with E-state index in [-0.39, 0.29) is 25.7 Å². The average molecular weight is 376 g/mol. The van der Waals surface area contributed by atoms with Crippen LogP contribution in [0, 0.1) is 0 Å². The predicted octanol–water partition coefficient (Wildman–Crippen LogP) is -2.34. The summed E-state index contributed by atoms with van der Waals surface area (Å²) in [6.07, 6.45) is -4.79. The van der Waals surface area contributed by atoms with Crippen LogP contribution in [-0.2, 0) is 23.8 Å². The van der Waals surface area contributed by atoms with Crippen LogP contribution in [0.3, 0.4) is 0 Å². The molecule has 1 heterocycles. The number of aliphatic hydroxyl groups excluding tert-OH is 3. The highest BCUT2D eigenvalue weighted by atomic mass is 16.7. The number of carbonyl (C=O) groups is 2. The molecule has 5 atom stereocenters. The fourth-order valence-corrected chi connectivity index (χ4v) is 2.33. The van der Waals surface area contributed by atoms with Crippen molar-refractivity contribution in [1.82, 2.24) is 10.6 Å². The van der Waals surface area contributed by atoms with Gasteiger partial charge in [0.15, 0.2) is 6.29 Å². The molecular formula is C16H28N2O8. The average Bonchev–Trinajstić information content (AvgIpc) is 2.59. The van der Waals surface area contributed by atoms with Crippen LogP contribution in [-0.4, -0.2) is 90.7 Å². The first kappa shape index (κ1) is 22.5. The molecule has 0 saturated carbocycles. The number of rotatable bonds is 10. The first-order chi connectivity index (χ1) is 12.3. The van der Waals surface area contributed by atoms with Crippen molar-refractivity contribution in [2.24, 2.45) is 0 Å². The number of carbonyl (C=O) groups excluding carboxylic acids is 2. The van der Waals surface area contributed by atoms with Gasteiger partial charge in [0.05, 0.1) is 26.4 Å². The van der Waals surface area contributed by atoms with Crippen molar-refractivity contribution in [3.63, 3.8) is 0 Å². The standard InChI is InChI=1S/C16H28N2O8/c1-9(2)15(23)17-4-5-24-6-7-25-16-12(18-10(3)20)14(22)13(21)11(8-19)26-16/h11-14,16,19,21-22H,1,4-8H2,2-3H3,(H,17,23)(H,18,20)/t11?,12?,13-,14?,16+/m0/s1. The third-order valence-corrected chi connectivity index (χ3v) is 3.68. The minimum Gasteiger partial charge on any atom is -0.394 e. The van der Waals surface area contributed by atoms with Gasteiger partial charge in [-0.3, -0.25) is 9.59 Å². The number of nitrogens with one attached hydrogen (secondary N) is 2. The third-order valence-electron chi connectivity index (χ3n) is 3.68. The Hall–Kier alpha value is -1.56. The Balaban J connectivity index is 2.38. The highest BCUT2D eigenvalue weighted by molar-refractivity contribution is 5.92. The lowest BCUT2D eigenvalue weighted by Crippen LogP contribution is -2.64. The molecular weight excluding hydrogens is 348 g/mol. The maximum absolute atomic E-state index is 11.3. The van der Waals surface area contributed by atoms with Gasteiger partial charge in [0.1, 0.15) is 24.4 Å². The Bertz CT molecular complexity index is 487. The van der Waals surface area contributed by atoms with Gasteiger partial charge in [0.25, 0.3) is 0 Å². The Morgan fingerprint density at radius 1 is 1.15 bits per heavy atom. The Morgan fingerprint density at radius 3 is 2.42 bits per heavy atom. The number of aliphatic hydroxyl groups is 3. The molecule has 0 spiro atoms. The van der Waals surface area contributed by atoms with Crippen molar-refractivity contribution in [3.8, 4) is 0 Å². The van der Waals surface area contributed by atoms with Crippen molar-refractivity contribution in [1.29, 1.82) is 0 Å². The summed E-state index contributed by atoms with van der Waals surface area (Å²) in [7, 11) is 0. The second-order valence-corrected chi connectivity index (χ2v) is 5.95. The van der Waals surface area contributed by atoms with E-state index in [1.54, 1.807) is 6.92 Å². The number of amides is 2. The highest BCUT2D eigenvalue weighted by Crippen LogP contribution is 2.22. The summed E-state index contributed by atoms with van der Waals surface area (Å²) in [4.78, 5) is 22.6. The van der Waals surface area contributed by atoms with E-state index in [2.05, 4.69) is 17.2 Å². The molecule has 0 aliphatic carbocycles. The fraction of sp³-hybridized carbons (Fsp3) is 0.750. The molecule has 1 aliphatic heterocycles. The van der Waals surface area contributed by atoms with Gasteiger partial charge in [-0.05, 0) is 6.92 Å². The highest BCUT2D eigenvalue weighted by Gasteiger charge is 2.45. The van der Waals surface area contributed by atoms with E-state index in [1.165, 1.54) is 6.92 Å².